The van der Waals surface area contributed by atoms with Crippen LogP contribution in [0.3, 0.4) is 0 Å². The second kappa shape index (κ2) is 6.56. The fraction of sp³-hybridized carbons (Fsp3) is 0.0370. The minimum atomic E-state index is -0.885. The van der Waals surface area contributed by atoms with Gasteiger partial charge in [-0.15, -0.1) is 0 Å². The molecule has 6 rings (SSSR count). The zero-order valence-corrected chi connectivity index (χ0v) is 16.6. The van der Waals surface area contributed by atoms with Crippen LogP contribution >= 0.6 is 0 Å². The molecule has 0 N–H and O–H groups in total. The Hall–Kier alpha value is -4.38. The SMILES string of the molecule is O=C1C(=O)c2ccccc2C2=C1C(c1ccccc1)C1=C(O2)C(=O)c2ccccc2C1=O. The van der Waals surface area contributed by atoms with Crippen molar-refractivity contribution in [2.75, 3.05) is 0 Å². The number of rotatable bonds is 1. The van der Waals surface area contributed by atoms with Gasteiger partial charge in [0.15, 0.2) is 11.5 Å². The van der Waals surface area contributed by atoms with E-state index in [4.69, 9.17) is 4.74 Å². The first-order chi connectivity index (χ1) is 15.6. The second-order valence-corrected chi connectivity index (χ2v) is 7.84. The van der Waals surface area contributed by atoms with Crippen molar-refractivity contribution in [2.24, 2.45) is 0 Å². The molecule has 0 spiro atoms. The minimum absolute atomic E-state index is 0.0849. The van der Waals surface area contributed by atoms with Gasteiger partial charge in [-0.3, -0.25) is 19.2 Å². The van der Waals surface area contributed by atoms with Gasteiger partial charge >= 0.3 is 0 Å². The molecule has 3 aromatic rings. The van der Waals surface area contributed by atoms with Crippen molar-refractivity contribution < 1.29 is 23.9 Å². The second-order valence-electron chi connectivity index (χ2n) is 7.84. The van der Waals surface area contributed by atoms with Crippen molar-refractivity contribution in [2.45, 2.75) is 5.92 Å². The Morgan fingerprint density at radius 1 is 0.469 bits per heavy atom. The molecule has 5 nitrogen and oxygen atoms in total. The largest absolute Gasteiger partial charge is 0.452 e. The van der Waals surface area contributed by atoms with Gasteiger partial charge in [-0.2, -0.15) is 0 Å². The summed E-state index contributed by atoms with van der Waals surface area (Å²) in [6, 6.07) is 22.2. The van der Waals surface area contributed by atoms with Gasteiger partial charge in [0.05, 0.1) is 11.1 Å². The van der Waals surface area contributed by atoms with Crippen LogP contribution in [0.15, 0.2) is 95.8 Å². The van der Waals surface area contributed by atoms with Crippen molar-refractivity contribution >= 4 is 28.9 Å². The summed E-state index contributed by atoms with van der Waals surface area (Å²) in [5.41, 5.74) is 2.02. The maximum absolute atomic E-state index is 13.6. The number of hydrogen-bond acceptors (Lipinski definition) is 5. The molecular weight excluding hydrogens is 404 g/mol. The zero-order chi connectivity index (χ0) is 22.0. The summed E-state index contributed by atoms with van der Waals surface area (Å²) in [5.74, 6) is -2.97. The molecular formula is C27H14O5. The Morgan fingerprint density at radius 2 is 0.969 bits per heavy atom. The molecule has 0 saturated carbocycles. The molecule has 0 amide bonds. The summed E-state index contributed by atoms with van der Waals surface area (Å²) < 4.78 is 6.05. The molecule has 1 unspecified atom stereocenters. The number of allylic oxidation sites excluding steroid dienone is 3. The third-order valence-corrected chi connectivity index (χ3v) is 6.14. The smallest absolute Gasteiger partial charge is 0.234 e. The number of carbonyl (C=O) groups is 4. The van der Waals surface area contributed by atoms with Gasteiger partial charge < -0.3 is 4.74 Å². The van der Waals surface area contributed by atoms with Gasteiger partial charge in [-0.05, 0) is 5.56 Å². The van der Waals surface area contributed by atoms with Crippen LogP contribution in [0.1, 0.15) is 48.1 Å². The fourth-order valence-corrected chi connectivity index (χ4v) is 4.70. The lowest BCUT2D eigenvalue weighted by Crippen LogP contribution is -2.36. The molecule has 0 aromatic heterocycles. The molecule has 5 heteroatoms. The summed E-state index contributed by atoms with van der Waals surface area (Å²) >= 11 is 0. The highest BCUT2D eigenvalue weighted by Crippen LogP contribution is 2.49. The first-order valence-electron chi connectivity index (χ1n) is 10.2. The van der Waals surface area contributed by atoms with Crippen LogP contribution in [-0.4, -0.2) is 23.1 Å². The Kier molecular flexibility index (Phi) is 3.77. The number of carbonyl (C=O) groups excluding carboxylic acids is 4. The van der Waals surface area contributed by atoms with E-state index < -0.39 is 23.3 Å². The monoisotopic (exact) mass is 418 g/mol. The average Bonchev–Trinajstić information content (AvgIpc) is 2.85. The van der Waals surface area contributed by atoms with Crippen LogP contribution < -0.4 is 0 Å². The zero-order valence-electron chi connectivity index (χ0n) is 16.6. The van der Waals surface area contributed by atoms with E-state index in [1.165, 1.54) is 0 Å². The van der Waals surface area contributed by atoms with Gasteiger partial charge in [0.2, 0.25) is 17.3 Å². The maximum atomic E-state index is 13.6. The highest BCUT2D eigenvalue weighted by atomic mass is 16.5. The molecule has 1 aliphatic heterocycles. The van der Waals surface area contributed by atoms with Crippen LogP contribution in [0, 0.1) is 0 Å². The van der Waals surface area contributed by atoms with E-state index in [1.807, 2.05) is 6.07 Å². The van der Waals surface area contributed by atoms with Crippen molar-refractivity contribution in [3.63, 3.8) is 0 Å². The van der Waals surface area contributed by atoms with Crippen LogP contribution in [-0.2, 0) is 9.53 Å². The lowest BCUT2D eigenvalue weighted by atomic mass is 9.70. The van der Waals surface area contributed by atoms with Crippen LogP contribution in [0.25, 0.3) is 5.76 Å². The first-order valence-corrected chi connectivity index (χ1v) is 10.2. The van der Waals surface area contributed by atoms with Gasteiger partial charge in [0, 0.05) is 28.2 Å². The molecule has 1 atom stereocenters. The van der Waals surface area contributed by atoms with Gasteiger partial charge in [-0.25, -0.2) is 0 Å². The van der Waals surface area contributed by atoms with E-state index in [1.54, 1.807) is 72.8 Å². The molecule has 2 aliphatic carbocycles. The molecule has 0 saturated heterocycles. The Bertz CT molecular complexity index is 1460. The highest BCUT2D eigenvalue weighted by Gasteiger charge is 2.49. The summed E-state index contributed by atoms with van der Waals surface area (Å²) in [6.07, 6.45) is 0. The Labute approximate surface area is 182 Å². The van der Waals surface area contributed by atoms with E-state index in [-0.39, 0.29) is 45.1 Å². The Balaban J connectivity index is 1.68. The lowest BCUT2D eigenvalue weighted by Gasteiger charge is -2.35. The first kappa shape index (κ1) is 18.4. The van der Waals surface area contributed by atoms with Crippen LogP contribution in [0.4, 0.5) is 0 Å². The predicted molar refractivity (Wildman–Crippen MR) is 115 cm³/mol. The van der Waals surface area contributed by atoms with E-state index >= 15 is 0 Å². The van der Waals surface area contributed by atoms with Crippen molar-refractivity contribution in [1.82, 2.24) is 0 Å². The molecule has 0 bridgehead atoms. The summed E-state index contributed by atoms with van der Waals surface area (Å²) in [5, 5.41) is 0. The van der Waals surface area contributed by atoms with Gasteiger partial charge in [0.25, 0.3) is 0 Å². The lowest BCUT2D eigenvalue weighted by molar-refractivity contribution is -0.112. The standard InChI is InChI=1S/C27H14O5/c28-22-15-10-4-5-11-16(15)24(30)27-20(22)19(14-8-2-1-3-9-14)21-25(31)23(29)17-12-6-7-13-18(17)26(21)32-27/h1-13,19H. The number of fused-ring (bicyclic) bond motifs is 3. The van der Waals surface area contributed by atoms with E-state index in [9.17, 15) is 19.2 Å². The van der Waals surface area contributed by atoms with Crippen LogP contribution in [0.5, 0.6) is 0 Å². The predicted octanol–water partition coefficient (Wildman–Crippen LogP) is 4.31. The minimum Gasteiger partial charge on any atom is -0.452 e. The number of ether oxygens (including phenoxy) is 1. The van der Waals surface area contributed by atoms with Gasteiger partial charge in [-0.1, -0.05) is 78.9 Å². The average molecular weight is 418 g/mol. The summed E-state index contributed by atoms with van der Waals surface area (Å²) in [6.45, 7) is 0. The molecule has 1 heterocycles. The molecule has 152 valence electrons. The number of ketones is 4. The van der Waals surface area contributed by atoms with Gasteiger partial charge in [0.1, 0.15) is 5.76 Å². The third kappa shape index (κ3) is 2.33. The van der Waals surface area contributed by atoms with Crippen LogP contribution in [0.2, 0.25) is 0 Å². The number of benzene rings is 3. The fourth-order valence-electron chi connectivity index (χ4n) is 4.70. The summed E-state index contributed by atoms with van der Waals surface area (Å²) in [4.78, 5) is 53.2. The topological polar surface area (TPSA) is 77.5 Å². The molecule has 3 aliphatic rings. The number of Topliss-reactive ketones (excluding diaryl/α,β-unsaturated/α-hetero) is 4. The van der Waals surface area contributed by atoms with Crippen molar-refractivity contribution in [3.8, 4) is 0 Å². The maximum Gasteiger partial charge on any atom is 0.234 e. The van der Waals surface area contributed by atoms with E-state index in [0.717, 1.165) is 0 Å². The normalized spacial score (nSPS) is 19.2. The molecule has 3 aromatic carbocycles. The third-order valence-electron chi connectivity index (χ3n) is 6.14. The summed E-state index contributed by atoms with van der Waals surface area (Å²) in [7, 11) is 0. The molecule has 0 fully saturated rings. The van der Waals surface area contributed by atoms with E-state index in [0.29, 0.717) is 11.1 Å². The van der Waals surface area contributed by atoms with Crippen molar-refractivity contribution in [1.29, 1.82) is 0 Å². The quantitative estimate of drug-likeness (QED) is 0.551. The van der Waals surface area contributed by atoms with Crippen molar-refractivity contribution in [3.05, 3.63) is 124 Å². The highest BCUT2D eigenvalue weighted by molar-refractivity contribution is 6.53. The molecule has 0 radical (unpaired) electrons. The Morgan fingerprint density at radius 3 is 1.62 bits per heavy atom. The number of hydrogen-bond donors (Lipinski definition) is 0. The molecule has 32 heavy (non-hydrogen) atoms. The van der Waals surface area contributed by atoms with E-state index in [2.05, 4.69) is 0 Å².